The van der Waals surface area contributed by atoms with Crippen LogP contribution in [-0.4, -0.2) is 51.6 Å². The first kappa shape index (κ1) is 29.4. The summed E-state index contributed by atoms with van der Waals surface area (Å²) in [6, 6.07) is 25.6. The Morgan fingerprint density at radius 3 is 2.11 bits per heavy atom. The van der Waals surface area contributed by atoms with Crippen LogP contribution in [0.5, 0.6) is 5.75 Å². The van der Waals surface area contributed by atoms with E-state index in [0.29, 0.717) is 30.2 Å². The molecule has 0 saturated heterocycles. The number of nitrogens with zero attached hydrogens (tertiary/aromatic N) is 1. The molecule has 0 spiro atoms. The molecule has 0 aliphatic carbocycles. The fourth-order valence-corrected chi connectivity index (χ4v) is 5.38. The van der Waals surface area contributed by atoms with Gasteiger partial charge in [0.25, 0.3) is 0 Å². The van der Waals surface area contributed by atoms with E-state index >= 15 is 0 Å². The standard InChI is InChI=1S/C30H38N2O5S/c1-4-36-26-15-17-27(18-16-26)38(35)32(20-23(2)3)21-29(33)28(19-24-11-7-5-8-12-24)31-30(34)37-22-25-13-9-6-10-14-25/h5-18,23,28-29,33H,4,19-22H2,1-3H3,(H,31,34)/t28-,29?,38?/m0/s1. The number of ether oxygens (including phenoxy) is 2. The van der Waals surface area contributed by atoms with Gasteiger partial charge >= 0.3 is 6.09 Å². The van der Waals surface area contributed by atoms with Crippen molar-refractivity contribution in [1.82, 2.24) is 9.62 Å². The smallest absolute Gasteiger partial charge is 0.407 e. The largest absolute Gasteiger partial charge is 0.494 e. The fraction of sp³-hybridized carbons (Fsp3) is 0.367. The van der Waals surface area contributed by atoms with E-state index in [-0.39, 0.29) is 19.1 Å². The second kappa shape index (κ2) is 15.3. The molecule has 3 atom stereocenters. The van der Waals surface area contributed by atoms with Crippen molar-refractivity contribution in [2.75, 3.05) is 19.7 Å². The van der Waals surface area contributed by atoms with E-state index in [2.05, 4.69) is 5.32 Å². The molecule has 0 heterocycles. The number of rotatable bonds is 14. The highest BCUT2D eigenvalue weighted by Gasteiger charge is 2.28. The molecular formula is C30H38N2O5S. The zero-order valence-electron chi connectivity index (χ0n) is 22.3. The van der Waals surface area contributed by atoms with Crippen LogP contribution in [0.4, 0.5) is 4.79 Å². The molecule has 0 radical (unpaired) electrons. The highest BCUT2D eigenvalue weighted by molar-refractivity contribution is 7.82. The van der Waals surface area contributed by atoms with Crippen LogP contribution < -0.4 is 10.1 Å². The van der Waals surface area contributed by atoms with Crippen molar-refractivity contribution in [3.05, 3.63) is 96.1 Å². The van der Waals surface area contributed by atoms with E-state index in [1.807, 2.05) is 81.4 Å². The Morgan fingerprint density at radius 1 is 0.921 bits per heavy atom. The molecule has 0 aliphatic rings. The van der Waals surface area contributed by atoms with Crippen LogP contribution in [0.1, 0.15) is 31.9 Å². The summed E-state index contributed by atoms with van der Waals surface area (Å²) < 4.78 is 26.2. The van der Waals surface area contributed by atoms with Gasteiger partial charge in [-0.05, 0) is 54.7 Å². The van der Waals surface area contributed by atoms with Gasteiger partial charge in [-0.25, -0.2) is 13.3 Å². The Bertz CT molecular complexity index is 1130. The molecule has 8 heteroatoms. The van der Waals surface area contributed by atoms with Gasteiger partial charge in [0.05, 0.1) is 23.6 Å². The molecule has 1 amide bonds. The summed E-state index contributed by atoms with van der Waals surface area (Å²) >= 11 is 0. The van der Waals surface area contributed by atoms with E-state index in [1.165, 1.54) is 0 Å². The van der Waals surface area contributed by atoms with Crippen molar-refractivity contribution >= 4 is 17.1 Å². The van der Waals surface area contributed by atoms with Gasteiger partial charge in [-0.3, -0.25) is 0 Å². The highest BCUT2D eigenvalue weighted by atomic mass is 32.2. The fourth-order valence-electron chi connectivity index (χ4n) is 3.99. The Balaban J connectivity index is 1.73. The molecule has 38 heavy (non-hydrogen) atoms. The van der Waals surface area contributed by atoms with Gasteiger partial charge < -0.3 is 19.9 Å². The number of hydrogen-bond acceptors (Lipinski definition) is 5. The molecule has 3 rings (SSSR count). The number of nitrogens with one attached hydrogen (secondary N) is 1. The Labute approximate surface area is 228 Å². The lowest BCUT2D eigenvalue weighted by atomic mass is 10.0. The lowest BCUT2D eigenvalue weighted by Gasteiger charge is -2.30. The second-order valence-electron chi connectivity index (χ2n) is 9.46. The molecule has 3 aromatic rings. The molecular weight excluding hydrogens is 500 g/mol. The minimum atomic E-state index is -1.50. The summed E-state index contributed by atoms with van der Waals surface area (Å²) in [5.74, 6) is 0.926. The van der Waals surface area contributed by atoms with Gasteiger partial charge in [0, 0.05) is 13.1 Å². The van der Waals surface area contributed by atoms with Crippen molar-refractivity contribution in [3.63, 3.8) is 0 Å². The van der Waals surface area contributed by atoms with Crippen molar-refractivity contribution in [2.24, 2.45) is 5.92 Å². The van der Waals surface area contributed by atoms with E-state index in [0.717, 1.165) is 11.1 Å². The first-order chi connectivity index (χ1) is 18.4. The molecule has 3 aromatic carbocycles. The maximum Gasteiger partial charge on any atom is 0.407 e. The second-order valence-corrected chi connectivity index (χ2v) is 11.0. The summed E-state index contributed by atoms with van der Waals surface area (Å²) in [6.07, 6.45) is -1.21. The molecule has 2 unspecified atom stereocenters. The highest BCUT2D eigenvalue weighted by Crippen LogP contribution is 2.19. The minimum Gasteiger partial charge on any atom is -0.494 e. The van der Waals surface area contributed by atoms with Crippen LogP contribution in [0, 0.1) is 5.92 Å². The third-order valence-corrected chi connectivity index (χ3v) is 7.25. The van der Waals surface area contributed by atoms with Crippen LogP contribution in [0.25, 0.3) is 0 Å². The maximum absolute atomic E-state index is 13.5. The van der Waals surface area contributed by atoms with Crippen LogP contribution in [0.3, 0.4) is 0 Å². The number of hydrogen-bond donors (Lipinski definition) is 2. The summed E-state index contributed by atoms with van der Waals surface area (Å²) in [5.41, 5.74) is 1.83. The molecule has 0 aliphatic heterocycles. The van der Waals surface area contributed by atoms with E-state index in [1.54, 1.807) is 28.6 Å². The monoisotopic (exact) mass is 538 g/mol. The maximum atomic E-state index is 13.5. The summed E-state index contributed by atoms with van der Waals surface area (Å²) in [4.78, 5) is 13.3. The van der Waals surface area contributed by atoms with E-state index in [9.17, 15) is 14.1 Å². The predicted octanol–water partition coefficient (Wildman–Crippen LogP) is 4.96. The summed E-state index contributed by atoms with van der Waals surface area (Å²) in [6.45, 7) is 7.28. The topological polar surface area (TPSA) is 88.1 Å². The number of benzene rings is 3. The molecule has 204 valence electrons. The van der Waals surface area contributed by atoms with Crippen molar-refractivity contribution in [1.29, 1.82) is 0 Å². The Hall–Kier alpha value is -3.20. The van der Waals surface area contributed by atoms with E-state index < -0.39 is 29.2 Å². The van der Waals surface area contributed by atoms with Crippen molar-refractivity contribution in [2.45, 2.75) is 50.8 Å². The van der Waals surface area contributed by atoms with Crippen LogP contribution in [-0.2, 0) is 28.8 Å². The average Bonchev–Trinajstić information content (AvgIpc) is 2.92. The zero-order valence-corrected chi connectivity index (χ0v) is 23.1. The third-order valence-electron chi connectivity index (χ3n) is 5.81. The van der Waals surface area contributed by atoms with Crippen LogP contribution >= 0.6 is 0 Å². The molecule has 7 nitrogen and oxygen atoms in total. The summed E-state index contributed by atoms with van der Waals surface area (Å²) in [5, 5.41) is 14.2. The first-order valence-corrected chi connectivity index (χ1v) is 14.0. The Kier molecular flexibility index (Phi) is 11.8. The average molecular weight is 539 g/mol. The van der Waals surface area contributed by atoms with Gasteiger partial charge in [-0.1, -0.05) is 74.5 Å². The van der Waals surface area contributed by atoms with Crippen LogP contribution in [0.2, 0.25) is 0 Å². The zero-order chi connectivity index (χ0) is 27.3. The number of carbonyl (C=O) groups excluding carboxylic acids is 1. The predicted molar refractivity (Wildman–Crippen MR) is 150 cm³/mol. The van der Waals surface area contributed by atoms with Gasteiger partial charge in [-0.2, -0.15) is 0 Å². The van der Waals surface area contributed by atoms with Gasteiger partial charge in [0.1, 0.15) is 23.3 Å². The molecule has 0 bridgehead atoms. The van der Waals surface area contributed by atoms with E-state index in [4.69, 9.17) is 9.47 Å². The number of carbonyl (C=O) groups is 1. The van der Waals surface area contributed by atoms with Gasteiger partial charge in [0.2, 0.25) is 0 Å². The van der Waals surface area contributed by atoms with Crippen molar-refractivity contribution < 1.29 is 23.6 Å². The van der Waals surface area contributed by atoms with Gasteiger partial charge in [-0.15, -0.1) is 0 Å². The first-order valence-electron chi connectivity index (χ1n) is 12.9. The number of aliphatic hydroxyl groups is 1. The lowest BCUT2D eigenvalue weighted by Crippen LogP contribution is -2.50. The van der Waals surface area contributed by atoms with Gasteiger partial charge in [0.15, 0.2) is 0 Å². The number of amides is 1. The molecule has 0 saturated carbocycles. The number of aliphatic hydroxyl groups excluding tert-OH is 1. The van der Waals surface area contributed by atoms with Crippen molar-refractivity contribution in [3.8, 4) is 5.75 Å². The molecule has 2 N–H and O–H groups in total. The Morgan fingerprint density at radius 2 is 1.53 bits per heavy atom. The normalized spacial score (nSPS) is 13.6. The lowest BCUT2D eigenvalue weighted by molar-refractivity contribution is 0.0883. The third kappa shape index (κ3) is 9.59. The van der Waals surface area contributed by atoms with Crippen LogP contribution in [0.15, 0.2) is 89.8 Å². The molecule has 0 fully saturated rings. The number of alkyl carbamates (subject to hydrolysis) is 1. The SMILES string of the molecule is CCOc1ccc(S(=O)N(CC(C)C)CC(O)[C@H](Cc2ccccc2)NC(=O)OCc2ccccc2)cc1. The minimum absolute atomic E-state index is 0.106. The summed E-state index contributed by atoms with van der Waals surface area (Å²) in [7, 11) is -1.50. The molecule has 0 aromatic heterocycles. The quantitative estimate of drug-likeness (QED) is 0.303.